The van der Waals surface area contributed by atoms with Gasteiger partial charge in [-0.2, -0.15) is 0 Å². The fourth-order valence-electron chi connectivity index (χ4n) is 6.67. The van der Waals surface area contributed by atoms with E-state index in [4.69, 9.17) is 14.4 Å². The molecule has 2 heterocycles. The maximum atomic E-state index is 6.44. The van der Waals surface area contributed by atoms with Gasteiger partial charge in [0, 0.05) is 33.2 Å². The van der Waals surface area contributed by atoms with E-state index in [0.29, 0.717) is 5.92 Å². The van der Waals surface area contributed by atoms with Crippen LogP contribution in [0.25, 0.3) is 72.0 Å². The highest BCUT2D eigenvalue weighted by molar-refractivity contribution is 6.23. The Morgan fingerprint density at radius 1 is 0.725 bits per heavy atom. The predicted octanol–water partition coefficient (Wildman–Crippen LogP) is 10.2. The molecule has 5 aromatic carbocycles. The highest BCUT2D eigenvalue weighted by Crippen LogP contribution is 2.43. The van der Waals surface area contributed by atoms with Gasteiger partial charge in [0.1, 0.15) is 11.3 Å². The maximum absolute atomic E-state index is 6.44. The molecule has 0 amide bonds. The van der Waals surface area contributed by atoms with Crippen molar-refractivity contribution >= 4 is 49.6 Å². The van der Waals surface area contributed by atoms with Gasteiger partial charge in [0.15, 0.2) is 0 Å². The summed E-state index contributed by atoms with van der Waals surface area (Å²) in [6.45, 7) is 6.63. The summed E-state index contributed by atoms with van der Waals surface area (Å²) in [5, 5.41) is 5.86. The zero-order valence-corrected chi connectivity index (χ0v) is 22.8. The third kappa shape index (κ3) is 3.37. The van der Waals surface area contributed by atoms with Crippen LogP contribution in [-0.4, -0.2) is 9.97 Å². The van der Waals surface area contributed by atoms with Gasteiger partial charge in [-0.05, 0) is 59.9 Å². The lowest BCUT2D eigenvalue weighted by molar-refractivity contribution is 0.497. The molecule has 0 spiro atoms. The fourth-order valence-corrected chi connectivity index (χ4v) is 6.67. The van der Waals surface area contributed by atoms with Crippen LogP contribution in [0.15, 0.2) is 101 Å². The normalized spacial score (nSPS) is 15.2. The van der Waals surface area contributed by atoms with E-state index in [1.54, 1.807) is 0 Å². The lowest BCUT2D eigenvalue weighted by atomic mass is 9.88. The Morgan fingerprint density at radius 2 is 1.38 bits per heavy atom. The summed E-state index contributed by atoms with van der Waals surface area (Å²) < 4.78 is 6.44. The van der Waals surface area contributed by atoms with E-state index in [1.807, 2.05) is 6.20 Å². The van der Waals surface area contributed by atoms with Crippen LogP contribution in [-0.2, 0) is 0 Å². The number of nitrogens with zero attached hydrogens (tertiary/aromatic N) is 2. The second-order valence-electron chi connectivity index (χ2n) is 11.2. The van der Waals surface area contributed by atoms with Crippen LogP contribution in [0.3, 0.4) is 0 Å². The summed E-state index contributed by atoms with van der Waals surface area (Å²) in [5.41, 5.74) is 10.9. The van der Waals surface area contributed by atoms with Crippen molar-refractivity contribution in [2.75, 3.05) is 0 Å². The number of fused-ring (bicyclic) bond motifs is 9. The molecule has 3 heteroatoms. The minimum absolute atomic E-state index is 0.390. The van der Waals surface area contributed by atoms with E-state index in [-0.39, 0.29) is 0 Å². The Hall–Kier alpha value is -4.76. The Morgan fingerprint density at radius 3 is 2.12 bits per heavy atom. The zero-order chi connectivity index (χ0) is 27.0. The highest BCUT2D eigenvalue weighted by atomic mass is 16.3. The first-order valence-corrected chi connectivity index (χ1v) is 14.0. The molecule has 0 radical (unpaired) electrons. The van der Waals surface area contributed by atoms with Crippen LogP contribution in [0.1, 0.15) is 43.1 Å². The molecule has 8 rings (SSSR count). The topological polar surface area (TPSA) is 38.9 Å². The van der Waals surface area contributed by atoms with E-state index in [2.05, 4.69) is 112 Å². The van der Waals surface area contributed by atoms with Gasteiger partial charge in [0.2, 0.25) is 0 Å². The van der Waals surface area contributed by atoms with Gasteiger partial charge in [0.05, 0.1) is 22.9 Å². The largest absolute Gasteiger partial charge is 0.460 e. The van der Waals surface area contributed by atoms with E-state index in [0.717, 1.165) is 62.0 Å². The fraction of sp³-hybridized carbons (Fsp3) is 0.135. The first-order chi connectivity index (χ1) is 19.6. The van der Waals surface area contributed by atoms with Crippen LogP contribution in [0.2, 0.25) is 0 Å². The Bertz CT molecular complexity index is 2150. The zero-order valence-electron chi connectivity index (χ0n) is 22.8. The standard InChI is InChI=1S/C37H28N2O/c1-21-16-22(2)36-31(17-21)32-19-24(18-23(3)37(32)40-36)25-10-4-7-13-28(25)33-20-38-34-29-14-8-5-11-26(29)27-12-6-9-15-30(27)35(34)39-33/h4-15,17-20,22H,16H2,1-3H3. The second-order valence-corrected chi connectivity index (χ2v) is 11.2. The molecule has 1 atom stereocenters. The van der Waals surface area contributed by atoms with Crippen molar-refractivity contribution in [2.24, 2.45) is 0 Å². The molecule has 1 unspecified atom stereocenters. The average Bonchev–Trinajstić information content (AvgIpc) is 3.36. The summed E-state index contributed by atoms with van der Waals surface area (Å²) >= 11 is 0. The van der Waals surface area contributed by atoms with Gasteiger partial charge < -0.3 is 4.42 Å². The van der Waals surface area contributed by atoms with Gasteiger partial charge in [-0.1, -0.05) is 91.4 Å². The minimum atomic E-state index is 0.390. The van der Waals surface area contributed by atoms with Crippen molar-refractivity contribution in [3.8, 4) is 22.4 Å². The predicted molar refractivity (Wildman–Crippen MR) is 167 cm³/mol. The molecule has 0 bridgehead atoms. The molecular formula is C37H28N2O. The molecule has 0 fully saturated rings. The molecule has 7 aromatic rings. The monoisotopic (exact) mass is 516 g/mol. The molecule has 2 aromatic heterocycles. The number of aryl methyl sites for hydroxylation is 1. The highest BCUT2D eigenvalue weighted by Gasteiger charge is 2.24. The number of hydrogen-bond donors (Lipinski definition) is 0. The summed E-state index contributed by atoms with van der Waals surface area (Å²) in [6.07, 6.45) is 5.29. The summed E-state index contributed by atoms with van der Waals surface area (Å²) in [5.74, 6) is 1.50. The smallest absolute Gasteiger partial charge is 0.137 e. The van der Waals surface area contributed by atoms with E-state index in [1.165, 1.54) is 32.9 Å². The summed E-state index contributed by atoms with van der Waals surface area (Å²) in [7, 11) is 0. The number of benzene rings is 5. The van der Waals surface area contributed by atoms with Crippen molar-refractivity contribution in [2.45, 2.75) is 33.1 Å². The van der Waals surface area contributed by atoms with Gasteiger partial charge in [-0.25, -0.2) is 4.98 Å². The minimum Gasteiger partial charge on any atom is -0.460 e. The van der Waals surface area contributed by atoms with Crippen LogP contribution >= 0.6 is 0 Å². The lowest BCUT2D eigenvalue weighted by Gasteiger charge is -2.15. The van der Waals surface area contributed by atoms with Gasteiger partial charge in [-0.3, -0.25) is 4.98 Å². The maximum Gasteiger partial charge on any atom is 0.137 e. The van der Waals surface area contributed by atoms with E-state index < -0.39 is 0 Å². The van der Waals surface area contributed by atoms with E-state index >= 15 is 0 Å². The SMILES string of the molecule is CC1=Cc2c(oc3c(C)cc(-c4ccccc4-c4cnc5c6ccccc6c6ccccc6c5n4)cc23)C(C)C1. The van der Waals surface area contributed by atoms with Crippen molar-refractivity contribution in [3.05, 3.63) is 114 Å². The average molecular weight is 517 g/mol. The molecular weight excluding hydrogens is 488 g/mol. The lowest BCUT2D eigenvalue weighted by Crippen LogP contribution is -1.99. The van der Waals surface area contributed by atoms with E-state index in [9.17, 15) is 0 Å². The third-order valence-corrected chi connectivity index (χ3v) is 8.45. The Kier molecular flexibility index (Phi) is 4.99. The number of allylic oxidation sites excluding steroid dienone is 1. The second kappa shape index (κ2) is 8.62. The van der Waals surface area contributed by atoms with Crippen molar-refractivity contribution in [3.63, 3.8) is 0 Å². The molecule has 1 aliphatic carbocycles. The quantitative estimate of drug-likeness (QED) is 0.215. The van der Waals surface area contributed by atoms with Gasteiger partial charge in [0.25, 0.3) is 0 Å². The molecule has 1 aliphatic rings. The van der Waals surface area contributed by atoms with Crippen LogP contribution in [0.5, 0.6) is 0 Å². The number of furan rings is 1. The summed E-state index contributed by atoms with van der Waals surface area (Å²) in [6, 6.07) is 30.1. The van der Waals surface area contributed by atoms with Gasteiger partial charge >= 0.3 is 0 Å². The van der Waals surface area contributed by atoms with Crippen molar-refractivity contribution in [1.29, 1.82) is 0 Å². The summed E-state index contributed by atoms with van der Waals surface area (Å²) in [4.78, 5) is 10.3. The van der Waals surface area contributed by atoms with Crippen molar-refractivity contribution < 1.29 is 4.42 Å². The Balaban J connectivity index is 1.37. The van der Waals surface area contributed by atoms with Gasteiger partial charge in [-0.15, -0.1) is 0 Å². The third-order valence-electron chi connectivity index (χ3n) is 8.45. The molecule has 40 heavy (non-hydrogen) atoms. The molecule has 0 saturated heterocycles. The number of aromatic nitrogens is 2. The first-order valence-electron chi connectivity index (χ1n) is 14.0. The Labute approximate surface area is 232 Å². The molecule has 192 valence electrons. The van der Waals surface area contributed by atoms with Crippen LogP contribution in [0.4, 0.5) is 0 Å². The molecule has 0 N–H and O–H groups in total. The number of rotatable bonds is 2. The molecule has 0 aliphatic heterocycles. The molecule has 0 saturated carbocycles. The van der Waals surface area contributed by atoms with Crippen LogP contribution in [0, 0.1) is 6.92 Å². The van der Waals surface area contributed by atoms with Crippen LogP contribution < -0.4 is 0 Å². The number of hydrogen-bond acceptors (Lipinski definition) is 3. The first kappa shape index (κ1) is 23.2. The molecule has 3 nitrogen and oxygen atoms in total. The van der Waals surface area contributed by atoms with Crippen molar-refractivity contribution in [1.82, 2.24) is 9.97 Å².